The highest BCUT2D eigenvalue weighted by Gasteiger charge is 2.16. The molecule has 4 nitrogen and oxygen atoms in total. The molecular formula is C19H18ClN3OS2. The summed E-state index contributed by atoms with van der Waals surface area (Å²) in [4.78, 5) is 14.8. The SMILES string of the molecule is CC(=S)CCCc1nnc(N(C)C=O)c2sc(-c3ccc(Cl)cc3)cc12. The molecule has 0 aliphatic heterocycles. The standard InChI is InChI=1S/C19H18ClN3OS2/c1-12(25)4-3-5-16-15-10-17(13-6-8-14(20)9-7-13)26-18(15)19(22-21-16)23(2)11-24/h6-11H,3-5H2,1-2H3. The number of halogens is 1. The zero-order chi connectivity index (χ0) is 18.7. The summed E-state index contributed by atoms with van der Waals surface area (Å²) in [5.74, 6) is 0.579. The number of aromatic nitrogens is 2. The van der Waals surface area contributed by atoms with Gasteiger partial charge in [-0.15, -0.1) is 16.4 Å². The van der Waals surface area contributed by atoms with Gasteiger partial charge in [-0.25, -0.2) is 0 Å². The minimum atomic E-state index is 0.579. The average Bonchev–Trinajstić information content (AvgIpc) is 3.07. The van der Waals surface area contributed by atoms with Gasteiger partial charge in [-0.1, -0.05) is 36.0 Å². The molecule has 1 aromatic carbocycles. The molecule has 0 aliphatic rings. The minimum absolute atomic E-state index is 0.579. The van der Waals surface area contributed by atoms with Crippen molar-refractivity contribution in [2.75, 3.05) is 11.9 Å². The Morgan fingerprint density at radius 1 is 1.31 bits per heavy atom. The number of rotatable bonds is 7. The van der Waals surface area contributed by atoms with Crippen molar-refractivity contribution in [3.8, 4) is 10.4 Å². The Morgan fingerprint density at radius 2 is 2.04 bits per heavy atom. The fourth-order valence-corrected chi connectivity index (χ4v) is 4.19. The number of carbonyl (C=O) groups is 1. The van der Waals surface area contributed by atoms with E-state index in [0.29, 0.717) is 10.8 Å². The quantitative estimate of drug-likeness (QED) is 0.395. The maximum absolute atomic E-state index is 11.2. The Morgan fingerprint density at radius 3 is 2.69 bits per heavy atom. The molecule has 3 aromatic rings. The molecule has 2 aromatic heterocycles. The number of nitrogens with zero attached hydrogens (tertiary/aromatic N) is 3. The van der Waals surface area contributed by atoms with Crippen LogP contribution in [0, 0.1) is 0 Å². The fourth-order valence-electron chi connectivity index (χ4n) is 2.70. The van der Waals surface area contributed by atoms with E-state index < -0.39 is 0 Å². The van der Waals surface area contributed by atoms with Crippen molar-refractivity contribution < 1.29 is 4.79 Å². The van der Waals surface area contributed by atoms with E-state index in [1.165, 1.54) is 4.90 Å². The largest absolute Gasteiger partial charge is 0.300 e. The Labute approximate surface area is 166 Å². The van der Waals surface area contributed by atoms with Crippen LogP contribution in [0.25, 0.3) is 20.5 Å². The maximum Gasteiger partial charge on any atom is 0.215 e. The zero-order valence-electron chi connectivity index (χ0n) is 14.5. The van der Waals surface area contributed by atoms with Crippen molar-refractivity contribution in [1.82, 2.24) is 10.2 Å². The Bertz CT molecular complexity index is 953. The number of thiophene rings is 1. The van der Waals surface area contributed by atoms with Crippen LogP contribution < -0.4 is 4.90 Å². The molecule has 26 heavy (non-hydrogen) atoms. The van der Waals surface area contributed by atoms with Gasteiger partial charge in [0.25, 0.3) is 0 Å². The summed E-state index contributed by atoms with van der Waals surface area (Å²) >= 11 is 12.8. The Kier molecular flexibility index (Phi) is 5.96. The van der Waals surface area contributed by atoms with Gasteiger partial charge in [-0.3, -0.25) is 9.69 Å². The zero-order valence-corrected chi connectivity index (χ0v) is 16.9. The summed E-state index contributed by atoms with van der Waals surface area (Å²) in [6.45, 7) is 1.96. The number of thiocarbonyl (C=S) groups is 1. The number of carbonyl (C=O) groups excluding carboxylic acids is 1. The van der Waals surface area contributed by atoms with E-state index in [1.807, 2.05) is 31.2 Å². The second kappa shape index (κ2) is 8.20. The number of amides is 1. The first kappa shape index (κ1) is 18.9. The second-order valence-corrected chi connectivity index (χ2v) is 8.29. The molecule has 0 saturated carbocycles. The maximum atomic E-state index is 11.2. The monoisotopic (exact) mass is 403 g/mol. The van der Waals surface area contributed by atoms with E-state index in [4.69, 9.17) is 23.8 Å². The van der Waals surface area contributed by atoms with Crippen LogP contribution in [0.2, 0.25) is 5.02 Å². The molecule has 0 radical (unpaired) electrons. The molecule has 7 heteroatoms. The number of hydrogen-bond acceptors (Lipinski definition) is 5. The van der Waals surface area contributed by atoms with Gasteiger partial charge in [-0.2, -0.15) is 5.10 Å². The number of aryl methyl sites for hydroxylation is 1. The predicted octanol–water partition coefficient (Wildman–Crippen LogP) is 5.32. The van der Waals surface area contributed by atoms with Crippen LogP contribution in [0.1, 0.15) is 25.5 Å². The van der Waals surface area contributed by atoms with Crippen LogP contribution in [0.5, 0.6) is 0 Å². The molecule has 0 fully saturated rings. The van der Waals surface area contributed by atoms with E-state index in [9.17, 15) is 4.79 Å². The van der Waals surface area contributed by atoms with Crippen molar-refractivity contribution in [3.05, 3.63) is 41.0 Å². The van der Waals surface area contributed by atoms with Crippen LogP contribution in [0.3, 0.4) is 0 Å². The second-order valence-electron chi connectivity index (χ2n) is 6.10. The van der Waals surface area contributed by atoms with E-state index in [-0.39, 0.29) is 0 Å². The molecule has 2 heterocycles. The third-order valence-corrected chi connectivity index (χ3v) is 5.71. The fraction of sp³-hybridized carbons (Fsp3) is 0.263. The first-order valence-electron chi connectivity index (χ1n) is 8.22. The predicted molar refractivity (Wildman–Crippen MR) is 114 cm³/mol. The highest BCUT2D eigenvalue weighted by atomic mass is 35.5. The van der Waals surface area contributed by atoms with Crippen LogP contribution in [-0.4, -0.2) is 28.5 Å². The lowest BCUT2D eigenvalue weighted by molar-refractivity contribution is -0.107. The first-order valence-corrected chi connectivity index (χ1v) is 9.82. The molecule has 0 bridgehead atoms. The lowest BCUT2D eigenvalue weighted by Crippen LogP contribution is -2.16. The topological polar surface area (TPSA) is 46.1 Å². The van der Waals surface area contributed by atoms with E-state index in [0.717, 1.165) is 56.8 Å². The van der Waals surface area contributed by atoms with Crippen molar-refractivity contribution in [2.24, 2.45) is 0 Å². The van der Waals surface area contributed by atoms with E-state index in [1.54, 1.807) is 18.4 Å². The van der Waals surface area contributed by atoms with Crippen LogP contribution in [-0.2, 0) is 11.2 Å². The van der Waals surface area contributed by atoms with Crippen LogP contribution in [0.15, 0.2) is 30.3 Å². The molecule has 1 amide bonds. The van der Waals surface area contributed by atoms with Crippen LogP contribution in [0.4, 0.5) is 5.82 Å². The van der Waals surface area contributed by atoms with Crippen molar-refractivity contribution in [2.45, 2.75) is 26.2 Å². The van der Waals surface area contributed by atoms with Crippen molar-refractivity contribution in [1.29, 1.82) is 0 Å². The highest BCUT2D eigenvalue weighted by molar-refractivity contribution is 7.80. The lowest BCUT2D eigenvalue weighted by atomic mass is 10.1. The Balaban J connectivity index is 2.07. The molecule has 3 rings (SSSR count). The first-order chi connectivity index (χ1) is 12.5. The number of anilines is 1. The van der Waals surface area contributed by atoms with E-state index >= 15 is 0 Å². The van der Waals surface area contributed by atoms with Gasteiger partial charge in [-0.05, 0) is 54.8 Å². The smallest absolute Gasteiger partial charge is 0.215 e. The normalized spacial score (nSPS) is 10.9. The van der Waals surface area contributed by atoms with Crippen molar-refractivity contribution >= 4 is 62.3 Å². The number of benzene rings is 1. The number of hydrogen-bond donors (Lipinski definition) is 0. The molecule has 0 spiro atoms. The molecular weight excluding hydrogens is 386 g/mol. The summed E-state index contributed by atoms with van der Waals surface area (Å²) in [5, 5.41) is 10.4. The van der Waals surface area contributed by atoms with Gasteiger partial charge < -0.3 is 0 Å². The van der Waals surface area contributed by atoms with Gasteiger partial charge in [0.1, 0.15) is 0 Å². The summed E-state index contributed by atoms with van der Waals surface area (Å²) in [6.07, 6.45) is 3.39. The van der Waals surface area contributed by atoms with Gasteiger partial charge >= 0.3 is 0 Å². The third kappa shape index (κ3) is 4.09. The summed E-state index contributed by atoms with van der Waals surface area (Å²) < 4.78 is 0.966. The summed E-state index contributed by atoms with van der Waals surface area (Å²) in [6, 6.07) is 9.86. The summed E-state index contributed by atoms with van der Waals surface area (Å²) in [7, 11) is 1.69. The van der Waals surface area contributed by atoms with Gasteiger partial charge in [0, 0.05) is 22.3 Å². The molecule has 134 valence electrons. The van der Waals surface area contributed by atoms with Crippen LogP contribution >= 0.6 is 35.2 Å². The molecule has 0 unspecified atom stereocenters. The summed E-state index contributed by atoms with van der Waals surface area (Å²) in [5.41, 5.74) is 2.02. The number of fused-ring (bicyclic) bond motifs is 1. The molecule has 0 atom stereocenters. The molecule has 0 aliphatic carbocycles. The Hall–Kier alpha value is -1.89. The van der Waals surface area contributed by atoms with Crippen molar-refractivity contribution in [3.63, 3.8) is 0 Å². The van der Waals surface area contributed by atoms with Gasteiger partial charge in [0.15, 0.2) is 5.82 Å². The van der Waals surface area contributed by atoms with Gasteiger partial charge in [0.05, 0.1) is 10.4 Å². The minimum Gasteiger partial charge on any atom is -0.300 e. The molecule has 0 saturated heterocycles. The van der Waals surface area contributed by atoms with E-state index in [2.05, 4.69) is 16.3 Å². The van der Waals surface area contributed by atoms with Gasteiger partial charge in [0.2, 0.25) is 6.41 Å². The average molecular weight is 404 g/mol. The highest BCUT2D eigenvalue weighted by Crippen LogP contribution is 2.39. The third-order valence-electron chi connectivity index (χ3n) is 4.07. The molecule has 0 N–H and O–H groups in total. The lowest BCUT2D eigenvalue weighted by Gasteiger charge is -2.11.